The number of ether oxygens (including phenoxy) is 4. The molecule has 206 valence electrons. The SMILES string of the molecule is CCCCc1nc(I)c(C(OC)OCCOC)n1Cc1ccc(-c2ccccc2C(=O)OC(C)(C)C)cc1. The summed E-state index contributed by atoms with van der Waals surface area (Å²) < 4.78 is 25.6. The predicted octanol–water partition coefficient (Wildman–Crippen LogP) is 6.81. The van der Waals surface area contributed by atoms with Crippen LogP contribution >= 0.6 is 22.6 Å². The molecule has 0 bridgehead atoms. The molecule has 0 aliphatic rings. The number of hydrogen-bond donors (Lipinski definition) is 0. The van der Waals surface area contributed by atoms with Crippen LogP contribution in [0, 0.1) is 3.70 Å². The minimum atomic E-state index is -0.559. The number of carbonyl (C=O) groups excluding carboxylic acids is 1. The van der Waals surface area contributed by atoms with Crippen molar-refractivity contribution in [3.8, 4) is 11.1 Å². The highest BCUT2D eigenvalue weighted by atomic mass is 127. The fourth-order valence-electron chi connectivity index (χ4n) is 4.12. The second-order valence-electron chi connectivity index (χ2n) is 10.1. The zero-order valence-corrected chi connectivity index (χ0v) is 25.4. The molecule has 3 aromatic rings. The lowest BCUT2D eigenvalue weighted by atomic mass is 9.98. The van der Waals surface area contributed by atoms with Crippen LogP contribution in [0.25, 0.3) is 11.1 Å². The molecule has 0 N–H and O–H groups in total. The van der Waals surface area contributed by atoms with Gasteiger partial charge in [-0.15, -0.1) is 0 Å². The number of unbranched alkanes of at least 4 members (excludes halogenated alkanes) is 1. The standard InChI is InChI=1S/C30H39IN2O5/c1-7-8-13-25-32-27(31)26(29(36-6)37-19-18-35-5)33(25)20-21-14-16-22(17-15-21)23-11-9-10-12-24(23)28(34)38-30(2,3)4/h9-12,14-17,29H,7-8,13,18-20H2,1-6H3. The molecule has 3 rings (SSSR count). The van der Waals surface area contributed by atoms with E-state index in [9.17, 15) is 4.79 Å². The molecule has 2 aromatic carbocycles. The van der Waals surface area contributed by atoms with Gasteiger partial charge >= 0.3 is 5.97 Å². The fraction of sp³-hybridized carbons (Fsp3) is 0.467. The highest BCUT2D eigenvalue weighted by molar-refractivity contribution is 14.1. The Morgan fingerprint density at radius 3 is 2.39 bits per heavy atom. The molecule has 7 nitrogen and oxygen atoms in total. The van der Waals surface area contributed by atoms with Gasteiger partial charge in [0.05, 0.1) is 18.8 Å². The van der Waals surface area contributed by atoms with Crippen molar-refractivity contribution in [3.05, 3.63) is 74.9 Å². The summed E-state index contributed by atoms with van der Waals surface area (Å²) in [7, 11) is 3.30. The number of carbonyl (C=O) groups is 1. The molecule has 0 radical (unpaired) electrons. The van der Waals surface area contributed by atoms with Gasteiger partial charge in [0.1, 0.15) is 20.8 Å². The number of aryl methyl sites for hydroxylation is 1. The minimum Gasteiger partial charge on any atom is -0.456 e. The third-order valence-corrected chi connectivity index (χ3v) is 6.73. The molecule has 0 spiro atoms. The number of nitrogens with zero attached hydrogens (tertiary/aromatic N) is 2. The number of imidazole rings is 1. The Balaban J connectivity index is 1.91. The van der Waals surface area contributed by atoms with Gasteiger partial charge in [0.25, 0.3) is 0 Å². The summed E-state index contributed by atoms with van der Waals surface area (Å²) in [6.45, 7) is 9.34. The van der Waals surface area contributed by atoms with E-state index in [1.54, 1.807) is 14.2 Å². The molecular formula is C30H39IN2O5. The third-order valence-electron chi connectivity index (χ3n) is 5.94. The van der Waals surface area contributed by atoms with Crippen molar-refractivity contribution in [2.24, 2.45) is 0 Å². The number of benzene rings is 2. The van der Waals surface area contributed by atoms with Gasteiger partial charge in [-0.05, 0) is 72.5 Å². The van der Waals surface area contributed by atoms with Crippen molar-refractivity contribution in [2.75, 3.05) is 27.4 Å². The summed E-state index contributed by atoms with van der Waals surface area (Å²) in [4.78, 5) is 17.7. The van der Waals surface area contributed by atoms with E-state index >= 15 is 0 Å². The fourth-order valence-corrected chi connectivity index (χ4v) is 4.95. The molecule has 0 saturated heterocycles. The summed E-state index contributed by atoms with van der Waals surface area (Å²) in [6.07, 6.45) is 2.47. The van der Waals surface area contributed by atoms with E-state index in [-0.39, 0.29) is 5.97 Å². The van der Waals surface area contributed by atoms with Gasteiger partial charge < -0.3 is 23.5 Å². The summed E-state index contributed by atoms with van der Waals surface area (Å²) in [5.41, 5.74) is 3.83. The monoisotopic (exact) mass is 634 g/mol. The Bertz CT molecular complexity index is 1180. The molecule has 0 aliphatic heterocycles. The van der Waals surface area contributed by atoms with Crippen molar-refractivity contribution in [2.45, 2.75) is 65.4 Å². The lowest BCUT2D eigenvalue weighted by molar-refractivity contribution is -0.140. The Kier molecular flexibility index (Phi) is 11.3. The van der Waals surface area contributed by atoms with Gasteiger partial charge in [-0.2, -0.15) is 0 Å². The maximum Gasteiger partial charge on any atom is 0.339 e. The van der Waals surface area contributed by atoms with Crippen molar-refractivity contribution < 1.29 is 23.7 Å². The maximum atomic E-state index is 12.8. The Morgan fingerprint density at radius 2 is 1.76 bits per heavy atom. The lowest BCUT2D eigenvalue weighted by Gasteiger charge is -2.21. The van der Waals surface area contributed by atoms with E-state index < -0.39 is 11.9 Å². The Hall–Kier alpha value is -2.27. The average molecular weight is 635 g/mol. The van der Waals surface area contributed by atoms with Gasteiger partial charge in [0.2, 0.25) is 6.29 Å². The van der Waals surface area contributed by atoms with E-state index in [1.165, 1.54) is 0 Å². The first kappa shape index (κ1) is 30.3. The van der Waals surface area contributed by atoms with E-state index in [0.29, 0.717) is 25.3 Å². The van der Waals surface area contributed by atoms with Crippen LogP contribution in [0.1, 0.15) is 74.3 Å². The summed E-state index contributed by atoms with van der Waals surface area (Å²) in [6, 6.07) is 15.8. The van der Waals surface area contributed by atoms with Crippen LogP contribution in [-0.2, 0) is 31.9 Å². The maximum absolute atomic E-state index is 12.8. The normalized spacial score (nSPS) is 12.5. The lowest BCUT2D eigenvalue weighted by Crippen LogP contribution is -2.24. The molecule has 0 aliphatic carbocycles. The molecule has 8 heteroatoms. The van der Waals surface area contributed by atoms with E-state index in [4.69, 9.17) is 23.9 Å². The van der Waals surface area contributed by atoms with E-state index in [1.807, 2.05) is 45.0 Å². The number of halogens is 1. The van der Waals surface area contributed by atoms with Gasteiger partial charge in [0, 0.05) is 27.2 Å². The van der Waals surface area contributed by atoms with Crippen LogP contribution in [0.15, 0.2) is 48.5 Å². The zero-order valence-electron chi connectivity index (χ0n) is 23.3. The minimum absolute atomic E-state index is 0.325. The second-order valence-corrected chi connectivity index (χ2v) is 11.1. The molecule has 1 heterocycles. The highest BCUT2D eigenvalue weighted by Gasteiger charge is 2.25. The van der Waals surface area contributed by atoms with Gasteiger partial charge in [-0.1, -0.05) is 55.8 Å². The zero-order chi connectivity index (χ0) is 27.7. The van der Waals surface area contributed by atoms with Crippen molar-refractivity contribution in [1.29, 1.82) is 0 Å². The van der Waals surface area contributed by atoms with E-state index in [2.05, 4.69) is 58.3 Å². The molecule has 0 fully saturated rings. The van der Waals surface area contributed by atoms with Gasteiger partial charge in [-0.3, -0.25) is 0 Å². The van der Waals surface area contributed by atoms with Crippen LogP contribution in [0.3, 0.4) is 0 Å². The third kappa shape index (κ3) is 8.11. The highest BCUT2D eigenvalue weighted by Crippen LogP contribution is 2.29. The molecule has 1 unspecified atom stereocenters. The largest absolute Gasteiger partial charge is 0.456 e. The Morgan fingerprint density at radius 1 is 1.05 bits per heavy atom. The van der Waals surface area contributed by atoms with Gasteiger partial charge in [0.15, 0.2) is 0 Å². The average Bonchev–Trinajstić information content (AvgIpc) is 3.19. The molecule has 38 heavy (non-hydrogen) atoms. The van der Waals surface area contributed by atoms with E-state index in [0.717, 1.165) is 51.2 Å². The molecular weight excluding hydrogens is 595 g/mol. The molecule has 1 atom stereocenters. The smallest absolute Gasteiger partial charge is 0.339 e. The van der Waals surface area contributed by atoms with Gasteiger partial charge in [-0.25, -0.2) is 9.78 Å². The van der Waals surface area contributed by atoms with Crippen LogP contribution in [-0.4, -0.2) is 48.6 Å². The van der Waals surface area contributed by atoms with Crippen LogP contribution in [0.5, 0.6) is 0 Å². The van der Waals surface area contributed by atoms with Crippen LogP contribution < -0.4 is 0 Å². The topological polar surface area (TPSA) is 71.8 Å². The summed E-state index contributed by atoms with van der Waals surface area (Å²) >= 11 is 2.27. The molecule has 1 aromatic heterocycles. The van der Waals surface area contributed by atoms with Crippen LogP contribution in [0.2, 0.25) is 0 Å². The van der Waals surface area contributed by atoms with Crippen LogP contribution in [0.4, 0.5) is 0 Å². The first-order valence-corrected chi connectivity index (χ1v) is 14.1. The quantitative estimate of drug-likeness (QED) is 0.0891. The number of hydrogen-bond acceptors (Lipinski definition) is 6. The number of esters is 1. The Labute approximate surface area is 240 Å². The predicted molar refractivity (Wildman–Crippen MR) is 157 cm³/mol. The number of rotatable bonds is 13. The molecule has 0 amide bonds. The first-order valence-electron chi connectivity index (χ1n) is 13.0. The summed E-state index contributed by atoms with van der Waals surface area (Å²) in [5, 5.41) is 0. The molecule has 0 saturated carbocycles. The van der Waals surface area contributed by atoms with Crippen molar-refractivity contribution in [1.82, 2.24) is 9.55 Å². The first-order chi connectivity index (χ1) is 18.2. The van der Waals surface area contributed by atoms with Crippen molar-refractivity contribution >= 4 is 28.6 Å². The summed E-state index contributed by atoms with van der Waals surface area (Å²) in [5.74, 6) is 0.692. The van der Waals surface area contributed by atoms with Crippen molar-refractivity contribution in [3.63, 3.8) is 0 Å². The number of aromatic nitrogens is 2. The number of methoxy groups -OCH3 is 2. The second kappa shape index (κ2) is 14.2.